The maximum Gasteiger partial charge on any atom is 0.416 e. The molecule has 150 valence electrons. The number of carbonyl (C=O) groups is 1. The van der Waals surface area contributed by atoms with Crippen LogP contribution in [0.4, 0.5) is 19.0 Å². The van der Waals surface area contributed by atoms with Crippen LogP contribution in [-0.2, 0) is 11.0 Å². The zero-order valence-electron chi connectivity index (χ0n) is 15.4. The highest BCUT2D eigenvalue weighted by atomic mass is 32.1. The van der Waals surface area contributed by atoms with Gasteiger partial charge in [0.15, 0.2) is 0 Å². The summed E-state index contributed by atoms with van der Waals surface area (Å²) in [5, 5.41) is 1.11. The minimum atomic E-state index is -4.40. The second-order valence-electron chi connectivity index (χ2n) is 6.77. The lowest BCUT2D eigenvalue weighted by atomic mass is 10.1. The number of piperazine rings is 1. The number of rotatable bonds is 3. The summed E-state index contributed by atoms with van der Waals surface area (Å²) in [6, 6.07) is 13.0. The lowest BCUT2D eigenvalue weighted by Crippen LogP contribution is -2.48. The number of hydrogen-bond acceptors (Lipinski definition) is 4. The third-order valence-electron chi connectivity index (χ3n) is 4.88. The molecule has 0 unspecified atom stereocenters. The molecule has 4 rings (SSSR count). The van der Waals surface area contributed by atoms with Crippen LogP contribution in [0, 0.1) is 0 Å². The lowest BCUT2D eigenvalue weighted by Gasteiger charge is -2.34. The Morgan fingerprint density at radius 1 is 1.03 bits per heavy atom. The summed E-state index contributed by atoms with van der Waals surface area (Å²) in [6.45, 7) is 2.41. The number of nitrogens with zero attached hydrogens (tertiary/aromatic N) is 3. The number of benzene rings is 2. The molecule has 0 bridgehead atoms. The van der Waals surface area contributed by atoms with Crippen molar-refractivity contribution in [2.24, 2.45) is 0 Å². The molecular formula is C21H18F3N3OS. The largest absolute Gasteiger partial charge is 0.416 e. The molecule has 1 aliphatic heterocycles. The van der Waals surface area contributed by atoms with Gasteiger partial charge in [-0.1, -0.05) is 24.3 Å². The first-order valence-corrected chi connectivity index (χ1v) is 9.93. The van der Waals surface area contributed by atoms with Gasteiger partial charge < -0.3 is 9.80 Å². The highest BCUT2D eigenvalue weighted by Gasteiger charge is 2.30. The van der Waals surface area contributed by atoms with Gasteiger partial charge in [-0.05, 0) is 47.4 Å². The van der Waals surface area contributed by atoms with Crippen molar-refractivity contribution < 1.29 is 18.0 Å². The first kappa shape index (κ1) is 19.4. The zero-order valence-corrected chi connectivity index (χ0v) is 16.2. The molecule has 0 N–H and O–H groups in total. The number of alkyl halides is 3. The molecule has 29 heavy (non-hydrogen) atoms. The van der Waals surface area contributed by atoms with Gasteiger partial charge in [0.05, 0.1) is 10.3 Å². The van der Waals surface area contributed by atoms with E-state index in [2.05, 4.69) is 9.27 Å². The van der Waals surface area contributed by atoms with E-state index in [0.717, 1.165) is 28.0 Å². The molecule has 3 aromatic rings. The molecule has 2 heterocycles. The summed E-state index contributed by atoms with van der Waals surface area (Å²) >= 11 is 1.46. The van der Waals surface area contributed by atoms with E-state index in [1.54, 1.807) is 11.0 Å². The van der Waals surface area contributed by atoms with Crippen LogP contribution in [0.25, 0.3) is 16.2 Å². The van der Waals surface area contributed by atoms with E-state index >= 15 is 0 Å². The van der Waals surface area contributed by atoms with Crippen molar-refractivity contribution >= 4 is 39.4 Å². The minimum absolute atomic E-state index is 0.204. The Labute approximate surface area is 170 Å². The van der Waals surface area contributed by atoms with Crippen LogP contribution in [-0.4, -0.2) is 41.4 Å². The molecule has 0 spiro atoms. The predicted octanol–water partition coefficient (Wildman–Crippen LogP) is 4.68. The van der Waals surface area contributed by atoms with Crippen molar-refractivity contribution in [3.63, 3.8) is 0 Å². The number of amides is 1. The van der Waals surface area contributed by atoms with Crippen molar-refractivity contribution in [2.75, 3.05) is 31.1 Å². The predicted molar refractivity (Wildman–Crippen MR) is 109 cm³/mol. The van der Waals surface area contributed by atoms with E-state index in [-0.39, 0.29) is 5.91 Å². The average Bonchev–Trinajstić information content (AvgIpc) is 3.16. The van der Waals surface area contributed by atoms with Crippen LogP contribution < -0.4 is 4.90 Å². The van der Waals surface area contributed by atoms with E-state index in [1.807, 2.05) is 24.3 Å². The van der Waals surface area contributed by atoms with Crippen LogP contribution >= 0.6 is 11.5 Å². The van der Waals surface area contributed by atoms with Gasteiger partial charge in [-0.15, -0.1) is 0 Å². The summed E-state index contributed by atoms with van der Waals surface area (Å²) in [5.41, 5.74) is -0.378. The molecule has 1 amide bonds. The number of fused-ring (bicyclic) bond motifs is 1. The monoisotopic (exact) mass is 417 g/mol. The third kappa shape index (κ3) is 4.27. The second kappa shape index (κ2) is 7.87. The van der Waals surface area contributed by atoms with E-state index in [1.165, 1.54) is 29.8 Å². The average molecular weight is 417 g/mol. The van der Waals surface area contributed by atoms with Gasteiger partial charge in [0.25, 0.3) is 0 Å². The molecule has 0 saturated carbocycles. The highest BCUT2D eigenvalue weighted by Crippen LogP contribution is 2.31. The molecule has 0 radical (unpaired) electrons. The van der Waals surface area contributed by atoms with Crippen molar-refractivity contribution in [2.45, 2.75) is 6.18 Å². The molecule has 1 saturated heterocycles. The van der Waals surface area contributed by atoms with E-state index < -0.39 is 11.7 Å². The first-order chi connectivity index (χ1) is 13.9. The van der Waals surface area contributed by atoms with Gasteiger partial charge in [0.2, 0.25) is 5.91 Å². The molecule has 8 heteroatoms. The van der Waals surface area contributed by atoms with Crippen LogP contribution in [0.5, 0.6) is 0 Å². The van der Waals surface area contributed by atoms with E-state index in [0.29, 0.717) is 31.7 Å². The normalized spacial score (nSPS) is 15.4. The maximum atomic E-state index is 12.8. The molecule has 1 aliphatic rings. The SMILES string of the molecule is O=C(/C=C/c1cccc(C(F)(F)F)c1)N1CCN(c2nsc3ccccc23)CC1. The van der Waals surface area contributed by atoms with E-state index in [4.69, 9.17) is 0 Å². The van der Waals surface area contributed by atoms with Crippen LogP contribution in [0.1, 0.15) is 11.1 Å². The van der Waals surface area contributed by atoms with E-state index in [9.17, 15) is 18.0 Å². The maximum absolute atomic E-state index is 12.8. The second-order valence-corrected chi connectivity index (χ2v) is 7.58. The van der Waals surface area contributed by atoms with Crippen LogP contribution in [0.2, 0.25) is 0 Å². The van der Waals surface area contributed by atoms with Crippen molar-refractivity contribution in [1.82, 2.24) is 9.27 Å². The van der Waals surface area contributed by atoms with Crippen molar-refractivity contribution in [1.29, 1.82) is 0 Å². The Bertz CT molecular complexity index is 1050. The molecular weight excluding hydrogens is 399 g/mol. The van der Waals surface area contributed by atoms with Gasteiger partial charge in [-0.2, -0.15) is 17.5 Å². The third-order valence-corrected chi connectivity index (χ3v) is 5.70. The molecule has 2 aromatic carbocycles. The van der Waals surface area contributed by atoms with Crippen molar-refractivity contribution in [3.8, 4) is 0 Å². The Morgan fingerprint density at radius 3 is 2.55 bits per heavy atom. The molecule has 1 aromatic heterocycles. The Morgan fingerprint density at radius 2 is 1.79 bits per heavy atom. The fourth-order valence-electron chi connectivity index (χ4n) is 3.33. The van der Waals surface area contributed by atoms with Gasteiger partial charge in [0.1, 0.15) is 5.82 Å². The standard InChI is InChI=1S/C21H18F3N3OS/c22-21(23,24)16-5-3-4-15(14-16)8-9-19(28)26-10-12-27(13-11-26)20-17-6-1-2-7-18(17)29-25-20/h1-9,14H,10-13H2/b9-8+. The van der Waals surface area contributed by atoms with Gasteiger partial charge in [0, 0.05) is 37.6 Å². The Balaban J connectivity index is 1.39. The van der Waals surface area contributed by atoms with Gasteiger partial charge in [-0.25, -0.2) is 0 Å². The lowest BCUT2D eigenvalue weighted by molar-refractivity contribution is -0.137. The number of halogens is 3. The number of carbonyl (C=O) groups excluding carboxylic acids is 1. The molecule has 0 atom stereocenters. The topological polar surface area (TPSA) is 36.4 Å². The van der Waals surface area contributed by atoms with Crippen molar-refractivity contribution in [3.05, 3.63) is 65.7 Å². The smallest absolute Gasteiger partial charge is 0.352 e. The van der Waals surface area contributed by atoms with Gasteiger partial charge in [-0.3, -0.25) is 4.79 Å². The quantitative estimate of drug-likeness (QED) is 0.581. The highest BCUT2D eigenvalue weighted by molar-refractivity contribution is 7.13. The fraction of sp³-hybridized carbons (Fsp3) is 0.238. The Hall–Kier alpha value is -2.87. The minimum Gasteiger partial charge on any atom is -0.352 e. The molecule has 4 nitrogen and oxygen atoms in total. The zero-order chi connectivity index (χ0) is 20.4. The fourth-order valence-corrected chi connectivity index (χ4v) is 4.13. The summed E-state index contributed by atoms with van der Waals surface area (Å²) < 4.78 is 44.1. The first-order valence-electron chi connectivity index (χ1n) is 9.15. The molecule has 0 aliphatic carbocycles. The summed E-state index contributed by atoms with van der Waals surface area (Å²) in [6.07, 6.45) is -1.63. The molecule has 1 fully saturated rings. The summed E-state index contributed by atoms with van der Waals surface area (Å²) in [7, 11) is 0. The van der Waals surface area contributed by atoms with Crippen LogP contribution in [0.3, 0.4) is 0 Å². The number of aromatic nitrogens is 1. The summed E-state index contributed by atoms with van der Waals surface area (Å²) in [5.74, 6) is 0.738. The Kier molecular flexibility index (Phi) is 5.27. The van der Waals surface area contributed by atoms with Gasteiger partial charge >= 0.3 is 6.18 Å². The number of anilines is 1. The number of hydrogen-bond donors (Lipinski definition) is 0. The summed E-state index contributed by atoms with van der Waals surface area (Å²) in [4.78, 5) is 16.3. The van der Waals surface area contributed by atoms with Crippen LogP contribution in [0.15, 0.2) is 54.6 Å².